The van der Waals surface area contributed by atoms with E-state index in [1.807, 2.05) is 30.6 Å². The highest BCUT2D eigenvalue weighted by Gasteiger charge is 2.26. The molecule has 1 N–H and O–H groups in total. The largest absolute Gasteiger partial charge is 0.495 e. The van der Waals surface area contributed by atoms with Crippen molar-refractivity contribution in [1.29, 1.82) is 0 Å². The van der Waals surface area contributed by atoms with Crippen molar-refractivity contribution in [3.63, 3.8) is 0 Å². The van der Waals surface area contributed by atoms with E-state index in [-0.39, 0.29) is 6.61 Å². The highest BCUT2D eigenvalue weighted by Crippen LogP contribution is 2.47. The number of fused-ring (bicyclic) bond motifs is 1. The zero-order valence-electron chi connectivity index (χ0n) is 21.0. The summed E-state index contributed by atoms with van der Waals surface area (Å²) in [6.07, 6.45) is 4.34. The van der Waals surface area contributed by atoms with Crippen LogP contribution in [0.15, 0.2) is 36.7 Å². The number of hydrogen-bond donors (Lipinski definition) is 1. The number of hydrogen-bond acceptors (Lipinski definition) is 8. The zero-order chi connectivity index (χ0) is 25.7. The summed E-state index contributed by atoms with van der Waals surface area (Å²) in [5.41, 5.74) is 4.13. The average Bonchev–Trinajstić information content (AvgIpc) is 3.31. The molecule has 0 spiro atoms. The molecule has 4 rings (SSSR count). The van der Waals surface area contributed by atoms with Crippen molar-refractivity contribution in [3.8, 4) is 17.0 Å². The highest BCUT2D eigenvalue weighted by atomic mass is 35.5. The lowest BCUT2D eigenvalue weighted by Gasteiger charge is -2.36. The number of piperazine rings is 1. The molecule has 196 valence electrons. The SMILES string of the molecule is CCOP(=O)(CCN1CCN(c2ccn3cc(-c4cc(Cl)c(OC)cc4CO)nc3c2)CC1)OCC. The maximum Gasteiger partial charge on any atom is 0.331 e. The van der Waals surface area contributed by atoms with Crippen molar-refractivity contribution in [2.45, 2.75) is 20.5 Å². The quantitative estimate of drug-likeness (QED) is 0.357. The number of aromatic nitrogens is 2. The molecule has 1 aliphatic heterocycles. The van der Waals surface area contributed by atoms with Gasteiger partial charge in [-0.3, -0.25) is 9.46 Å². The van der Waals surface area contributed by atoms with Gasteiger partial charge in [-0.15, -0.1) is 0 Å². The maximum absolute atomic E-state index is 12.7. The number of aliphatic hydroxyl groups excluding tert-OH is 1. The van der Waals surface area contributed by atoms with Crippen LogP contribution < -0.4 is 9.64 Å². The van der Waals surface area contributed by atoms with Crippen LogP contribution in [0.1, 0.15) is 19.4 Å². The van der Waals surface area contributed by atoms with Gasteiger partial charge in [-0.2, -0.15) is 0 Å². The molecule has 0 saturated carbocycles. The second-order valence-electron chi connectivity index (χ2n) is 8.58. The predicted octanol–water partition coefficient (Wildman–Crippen LogP) is 4.54. The summed E-state index contributed by atoms with van der Waals surface area (Å²) in [5, 5.41) is 10.3. The number of ether oxygens (including phenoxy) is 1. The summed E-state index contributed by atoms with van der Waals surface area (Å²) in [6.45, 7) is 8.44. The number of methoxy groups -OCH3 is 1. The predicted molar refractivity (Wildman–Crippen MR) is 142 cm³/mol. The van der Waals surface area contributed by atoms with Crippen molar-refractivity contribution >= 4 is 30.5 Å². The van der Waals surface area contributed by atoms with Crippen LogP contribution >= 0.6 is 19.2 Å². The van der Waals surface area contributed by atoms with Crippen LogP contribution in [0.5, 0.6) is 5.75 Å². The second-order valence-corrected chi connectivity index (χ2v) is 11.2. The van der Waals surface area contributed by atoms with Crippen LogP contribution in [0.25, 0.3) is 16.9 Å². The molecule has 0 amide bonds. The van der Waals surface area contributed by atoms with Gasteiger partial charge >= 0.3 is 7.60 Å². The third-order valence-corrected chi connectivity index (χ3v) is 8.69. The zero-order valence-corrected chi connectivity index (χ0v) is 22.7. The number of halogens is 1. The van der Waals surface area contributed by atoms with E-state index in [9.17, 15) is 9.67 Å². The first-order chi connectivity index (χ1) is 17.4. The van der Waals surface area contributed by atoms with Gasteiger partial charge in [-0.05, 0) is 37.6 Å². The Morgan fingerprint density at radius 2 is 1.83 bits per heavy atom. The van der Waals surface area contributed by atoms with Crippen LogP contribution in [-0.4, -0.2) is 78.6 Å². The minimum atomic E-state index is -3.02. The molecule has 0 bridgehead atoms. The van der Waals surface area contributed by atoms with Crippen LogP contribution in [0.4, 0.5) is 5.69 Å². The highest BCUT2D eigenvalue weighted by molar-refractivity contribution is 7.53. The number of aliphatic hydroxyl groups is 1. The molecule has 0 atom stereocenters. The van der Waals surface area contributed by atoms with Gasteiger partial charge in [0.25, 0.3) is 0 Å². The number of benzene rings is 1. The number of nitrogens with zero attached hydrogens (tertiary/aromatic N) is 4. The Bertz CT molecular complexity index is 1220. The molecule has 1 aromatic carbocycles. The van der Waals surface area contributed by atoms with Crippen LogP contribution in [0.2, 0.25) is 5.02 Å². The third kappa shape index (κ3) is 6.05. The van der Waals surface area contributed by atoms with E-state index in [0.717, 1.165) is 48.8 Å². The molecular weight excluding hydrogens is 503 g/mol. The first-order valence-electron chi connectivity index (χ1n) is 12.2. The molecule has 3 aromatic rings. The van der Waals surface area contributed by atoms with Gasteiger partial charge < -0.3 is 28.2 Å². The summed E-state index contributed by atoms with van der Waals surface area (Å²) < 4.78 is 30.8. The molecule has 1 aliphatic rings. The summed E-state index contributed by atoms with van der Waals surface area (Å²) in [4.78, 5) is 9.44. The summed E-state index contributed by atoms with van der Waals surface area (Å²) >= 11 is 6.34. The normalized spacial score (nSPS) is 15.1. The Balaban J connectivity index is 1.44. The fourth-order valence-electron chi connectivity index (χ4n) is 4.47. The van der Waals surface area contributed by atoms with Gasteiger partial charge in [0.1, 0.15) is 11.4 Å². The fraction of sp³-hybridized carbons (Fsp3) is 0.480. The van der Waals surface area contributed by atoms with Gasteiger partial charge in [-0.25, -0.2) is 4.98 Å². The second kappa shape index (κ2) is 11.9. The lowest BCUT2D eigenvalue weighted by molar-refractivity contribution is 0.210. The molecule has 2 aromatic heterocycles. The fourth-order valence-corrected chi connectivity index (χ4v) is 6.36. The van der Waals surface area contributed by atoms with Crippen molar-refractivity contribution in [2.75, 3.05) is 64.1 Å². The molecule has 0 unspecified atom stereocenters. The van der Waals surface area contributed by atoms with E-state index in [2.05, 4.69) is 21.9 Å². The Kier molecular flexibility index (Phi) is 8.93. The van der Waals surface area contributed by atoms with Gasteiger partial charge in [0.2, 0.25) is 0 Å². The topological polar surface area (TPSA) is 88.8 Å². The van der Waals surface area contributed by atoms with Crippen molar-refractivity contribution in [2.24, 2.45) is 0 Å². The number of pyridine rings is 1. The molecule has 36 heavy (non-hydrogen) atoms. The van der Waals surface area contributed by atoms with E-state index in [1.54, 1.807) is 19.2 Å². The first kappa shape index (κ1) is 26.9. The maximum atomic E-state index is 12.7. The molecule has 3 heterocycles. The summed E-state index contributed by atoms with van der Waals surface area (Å²) in [7, 11) is -1.47. The number of imidazole rings is 1. The lowest BCUT2D eigenvalue weighted by Crippen LogP contribution is -2.47. The minimum Gasteiger partial charge on any atom is -0.495 e. The summed E-state index contributed by atoms with van der Waals surface area (Å²) in [6, 6.07) is 7.68. The first-order valence-corrected chi connectivity index (χ1v) is 14.3. The van der Waals surface area contributed by atoms with Gasteiger partial charge in [0.15, 0.2) is 0 Å². The Labute approximate surface area is 217 Å². The molecule has 1 saturated heterocycles. The molecule has 9 nitrogen and oxygen atoms in total. The Morgan fingerprint density at radius 3 is 2.47 bits per heavy atom. The van der Waals surface area contributed by atoms with Gasteiger partial charge in [-0.1, -0.05) is 11.6 Å². The van der Waals surface area contributed by atoms with Crippen molar-refractivity contribution < 1.29 is 23.5 Å². The minimum absolute atomic E-state index is 0.142. The molecule has 11 heteroatoms. The number of anilines is 1. The van der Waals surface area contributed by atoms with E-state index in [1.165, 1.54) is 0 Å². The van der Waals surface area contributed by atoms with Crippen LogP contribution in [0.3, 0.4) is 0 Å². The van der Waals surface area contributed by atoms with Crippen LogP contribution in [-0.2, 0) is 20.2 Å². The monoisotopic (exact) mass is 536 g/mol. The smallest absolute Gasteiger partial charge is 0.331 e. The third-order valence-electron chi connectivity index (χ3n) is 6.35. The van der Waals surface area contributed by atoms with E-state index in [0.29, 0.717) is 42.3 Å². The average molecular weight is 537 g/mol. The molecule has 1 fully saturated rings. The summed E-state index contributed by atoms with van der Waals surface area (Å²) in [5.74, 6) is 0.522. The molecule has 0 aliphatic carbocycles. The molecular formula is C25H34ClN4O5P. The Morgan fingerprint density at radius 1 is 1.11 bits per heavy atom. The van der Waals surface area contributed by atoms with E-state index in [4.69, 9.17) is 30.4 Å². The van der Waals surface area contributed by atoms with Gasteiger partial charge in [0, 0.05) is 62.4 Å². The van der Waals surface area contributed by atoms with Crippen molar-refractivity contribution in [1.82, 2.24) is 14.3 Å². The Hall–Kier alpha value is -2.13. The van der Waals surface area contributed by atoms with Crippen molar-refractivity contribution in [3.05, 3.63) is 47.2 Å². The number of rotatable bonds is 11. The lowest BCUT2D eigenvalue weighted by atomic mass is 10.1. The van der Waals surface area contributed by atoms with E-state index < -0.39 is 7.60 Å². The molecule has 0 radical (unpaired) electrons. The standard InChI is InChI=1S/C25H34ClN4O5P/c1-4-34-36(32,35-5-2)13-12-28-8-10-29(11-9-28)20-6-7-30-17-23(27-25(30)15-20)21-16-22(26)24(33-3)14-19(21)18-31/h6-7,14-17,31H,4-5,8-13,18H2,1-3H3. The van der Waals surface area contributed by atoms with Crippen LogP contribution in [0, 0.1) is 0 Å². The van der Waals surface area contributed by atoms with Gasteiger partial charge in [0.05, 0.1) is 43.8 Å². The van der Waals surface area contributed by atoms with E-state index >= 15 is 0 Å².